The molecule has 0 fully saturated rings. The summed E-state index contributed by atoms with van der Waals surface area (Å²) < 4.78 is 2.41. The van der Waals surface area contributed by atoms with Gasteiger partial charge in [0.1, 0.15) is 5.82 Å². The summed E-state index contributed by atoms with van der Waals surface area (Å²) >= 11 is 10.2. The molecule has 0 atom stereocenters. The lowest BCUT2D eigenvalue weighted by molar-refractivity contribution is 0.101. The predicted molar refractivity (Wildman–Crippen MR) is 88.0 cm³/mol. The molecule has 0 aliphatic carbocycles. The standard InChI is InChI=1S/C12H11Br3N4O/c1-5(2)10-17-11(19-18-10)12(20)16-9-7(14)3-6(13)4-8(9)15/h3-5H,1-2H3,(H,16,20)(H,17,18,19). The Morgan fingerprint density at radius 2 is 1.85 bits per heavy atom. The van der Waals surface area contributed by atoms with Crippen LogP contribution in [0.3, 0.4) is 0 Å². The molecule has 5 nitrogen and oxygen atoms in total. The van der Waals surface area contributed by atoms with Crippen LogP contribution in [-0.2, 0) is 0 Å². The maximum Gasteiger partial charge on any atom is 0.295 e. The van der Waals surface area contributed by atoms with Crippen molar-refractivity contribution in [1.29, 1.82) is 0 Å². The van der Waals surface area contributed by atoms with Crippen molar-refractivity contribution < 1.29 is 4.79 Å². The normalized spacial score (nSPS) is 10.9. The highest BCUT2D eigenvalue weighted by Crippen LogP contribution is 2.34. The molecule has 0 spiro atoms. The fraction of sp³-hybridized carbons (Fsp3) is 0.250. The van der Waals surface area contributed by atoms with Crippen molar-refractivity contribution in [2.45, 2.75) is 19.8 Å². The van der Waals surface area contributed by atoms with E-state index in [0.717, 1.165) is 13.4 Å². The van der Waals surface area contributed by atoms with E-state index in [4.69, 9.17) is 0 Å². The summed E-state index contributed by atoms with van der Waals surface area (Å²) in [6, 6.07) is 3.69. The predicted octanol–water partition coefficient (Wildman–Crippen LogP) is 4.47. The van der Waals surface area contributed by atoms with Crippen LogP contribution in [-0.4, -0.2) is 21.1 Å². The fourth-order valence-electron chi connectivity index (χ4n) is 1.47. The summed E-state index contributed by atoms with van der Waals surface area (Å²) in [7, 11) is 0. The number of aromatic nitrogens is 3. The lowest BCUT2D eigenvalue weighted by Crippen LogP contribution is -2.14. The van der Waals surface area contributed by atoms with Crippen molar-refractivity contribution in [2.24, 2.45) is 0 Å². The fourth-order valence-corrected chi connectivity index (χ4v) is 3.92. The Kier molecular flexibility index (Phi) is 4.98. The van der Waals surface area contributed by atoms with E-state index in [1.54, 1.807) is 0 Å². The number of hydrogen-bond acceptors (Lipinski definition) is 3. The first-order valence-corrected chi connectivity index (χ1v) is 8.14. The molecule has 0 saturated heterocycles. The van der Waals surface area contributed by atoms with Gasteiger partial charge in [-0.05, 0) is 44.0 Å². The Morgan fingerprint density at radius 1 is 1.25 bits per heavy atom. The van der Waals surface area contributed by atoms with Crippen molar-refractivity contribution in [3.8, 4) is 0 Å². The zero-order valence-corrected chi connectivity index (χ0v) is 15.4. The highest BCUT2D eigenvalue weighted by atomic mass is 79.9. The third kappa shape index (κ3) is 3.48. The number of benzene rings is 1. The lowest BCUT2D eigenvalue weighted by atomic mass is 10.2. The summed E-state index contributed by atoms with van der Waals surface area (Å²) in [5.41, 5.74) is 0.633. The highest BCUT2D eigenvalue weighted by molar-refractivity contribution is 9.11. The number of hydrogen-bond donors (Lipinski definition) is 2. The first-order valence-electron chi connectivity index (χ1n) is 5.76. The number of nitrogens with zero attached hydrogens (tertiary/aromatic N) is 2. The van der Waals surface area contributed by atoms with E-state index in [9.17, 15) is 4.79 Å². The van der Waals surface area contributed by atoms with E-state index >= 15 is 0 Å². The third-order valence-electron chi connectivity index (χ3n) is 2.50. The van der Waals surface area contributed by atoms with Gasteiger partial charge < -0.3 is 5.32 Å². The smallest absolute Gasteiger partial charge is 0.295 e. The minimum absolute atomic E-state index is 0.121. The zero-order chi connectivity index (χ0) is 14.9. The third-order valence-corrected chi connectivity index (χ3v) is 4.21. The second kappa shape index (κ2) is 6.36. The molecular weight excluding hydrogens is 456 g/mol. The van der Waals surface area contributed by atoms with Crippen molar-refractivity contribution >= 4 is 59.4 Å². The molecule has 8 heteroatoms. The van der Waals surface area contributed by atoms with Gasteiger partial charge in [-0.2, -0.15) is 0 Å². The monoisotopic (exact) mass is 464 g/mol. The van der Waals surface area contributed by atoms with Gasteiger partial charge in [-0.25, -0.2) is 4.98 Å². The molecule has 20 heavy (non-hydrogen) atoms. The number of aromatic amines is 1. The van der Waals surface area contributed by atoms with Gasteiger partial charge in [-0.1, -0.05) is 29.8 Å². The van der Waals surface area contributed by atoms with E-state index in [2.05, 4.69) is 68.3 Å². The van der Waals surface area contributed by atoms with Crippen molar-refractivity contribution in [3.05, 3.63) is 37.2 Å². The van der Waals surface area contributed by atoms with Crippen LogP contribution in [0.2, 0.25) is 0 Å². The molecule has 1 amide bonds. The maximum absolute atomic E-state index is 12.1. The summed E-state index contributed by atoms with van der Waals surface area (Å²) in [6.07, 6.45) is 0. The van der Waals surface area contributed by atoms with Crippen LogP contribution >= 0.6 is 47.8 Å². The van der Waals surface area contributed by atoms with Crippen LogP contribution in [0.25, 0.3) is 0 Å². The number of H-pyrrole nitrogens is 1. The molecule has 1 heterocycles. The Hall–Kier alpha value is -0.730. The van der Waals surface area contributed by atoms with Gasteiger partial charge in [0.25, 0.3) is 5.91 Å². The topological polar surface area (TPSA) is 70.7 Å². The largest absolute Gasteiger partial charge is 0.317 e. The molecule has 2 rings (SSSR count). The lowest BCUT2D eigenvalue weighted by Gasteiger charge is -2.08. The minimum Gasteiger partial charge on any atom is -0.317 e. The molecule has 0 saturated carbocycles. The Balaban J connectivity index is 2.23. The van der Waals surface area contributed by atoms with Gasteiger partial charge in [0.15, 0.2) is 0 Å². The first-order chi connectivity index (χ1) is 9.38. The summed E-state index contributed by atoms with van der Waals surface area (Å²) in [6.45, 7) is 3.95. The van der Waals surface area contributed by atoms with Crippen LogP contribution in [0.4, 0.5) is 5.69 Å². The Morgan fingerprint density at radius 3 is 2.35 bits per heavy atom. The number of nitrogens with one attached hydrogen (secondary N) is 2. The second-order valence-electron chi connectivity index (χ2n) is 4.40. The molecule has 106 valence electrons. The maximum atomic E-state index is 12.1. The van der Waals surface area contributed by atoms with Crippen LogP contribution in [0, 0.1) is 0 Å². The van der Waals surface area contributed by atoms with E-state index in [-0.39, 0.29) is 17.6 Å². The Bertz CT molecular complexity index is 631. The number of carbonyl (C=O) groups excluding carboxylic acids is 1. The molecule has 1 aromatic heterocycles. The van der Waals surface area contributed by atoms with Crippen LogP contribution in [0.5, 0.6) is 0 Å². The highest BCUT2D eigenvalue weighted by Gasteiger charge is 2.17. The second-order valence-corrected chi connectivity index (χ2v) is 7.02. The number of halogens is 3. The Labute approximate surface area is 141 Å². The van der Waals surface area contributed by atoms with E-state index < -0.39 is 0 Å². The number of carbonyl (C=O) groups is 1. The quantitative estimate of drug-likeness (QED) is 0.701. The van der Waals surface area contributed by atoms with Gasteiger partial charge in [0.2, 0.25) is 5.82 Å². The summed E-state index contributed by atoms with van der Waals surface area (Å²) in [4.78, 5) is 16.3. The summed E-state index contributed by atoms with van der Waals surface area (Å²) in [5.74, 6) is 0.631. The van der Waals surface area contributed by atoms with Crippen molar-refractivity contribution in [2.75, 3.05) is 5.32 Å². The average molecular weight is 467 g/mol. The van der Waals surface area contributed by atoms with Crippen LogP contribution in [0.1, 0.15) is 36.2 Å². The van der Waals surface area contributed by atoms with Crippen molar-refractivity contribution in [1.82, 2.24) is 15.2 Å². The van der Waals surface area contributed by atoms with Crippen LogP contribution < -0.4 is 5.32 Å². The van der Waals surface area contributed by atoms with Gasteiger partial charge in [-0.3, -0.25) is 9.89 Å². The molecule has 2 N–H and O–H groups in total. The SMILES string of the molecule is CC(C)c1nc(C(=O)Nc2c(Br)cc(Br)cc2Br)n[nH]1. The van der Waals surface area contributed by atoms with Gasteiger partial charge in [0.05, 0.1) is 5.69 Å². The van der Waals surface area contributed by atoms with E-state index in [0.29, 0.717) is 11.5 Å². The minimum atomic E-state index is -0.364. The molecule has 0 radical (unpaired) electrons. The number of amides is 1. The van der Waals surface area contributed by atoms with Crippen LogP contribution in [0.15, 0.2) is 25.6 Å². The van der Waals surface area contributed by atoms with E-state index in [1.807, 2.05) is 26.0 Å². The number of anilines is 1. The molecule has 1 aromatic carbocycles. The van der Waals surface area contributed by atoms with Gasteiger partial charge in [-0.15, -0.1) is 5.10 Å². The first kappa shape index (κ1) is 15.7. The van der Waals surface area contributed by atoms with Crippen molar-refractivity contribution in [3.63, 3.8) is 0 Å². The molecular formula is C12H11Br3N4O. The van der Waals surface area contributed by atoms with Gasteiger partial charge in [0, 0.05) is 19.3 Å². The molecule has 0 aliphatic heterocycles. The molecule has 0 aliphatic rings. The average Bonchev–Trinajstić information content (AvgIpc) is 2.83. The zero-order valence-electron chi connectivity index (χ0n) is 10.7. The molecule has 0 unspecified atom stereocenters. The van der Waals surface area contributed by atoms with E-state index in [1.165, 1.54) is 0 Å². The number of rotatable bonds is 3. The molecule has 2 aromatic rings. The summed E-state index contributed by atoms with van der Waals surface area (Å²) in [5, 5.41) is 9.46. The molecule has 0 bridgehead atoms. The van der Waals surface area contributed by atoms with Gasteiger partial charge >= 0.3 is 0 Å².